The Balaban J connectivity index is 1.54. The molecular formula is C18H17N3O2S2. The highest BCUT2D eigenvalue weighted by molar-refractivity contribution is 8.01. The molecule has 0 aliphatic carbocycles. The zero-order valence-electron chi connectivity index (χ0n) is 13.9. The van der Waals surface area contributed by atoms with Crippen LogP contribution in [0.5, 0.6) is 5.75 Å². The van der Waals surface area contributed by atoms with Crippen molar-refractivity contribution in [2.45, 2.75) is 11.3 Å². The highest BCUT2D eigenvalue weighted by Gasteiger charge is 2.07. The fourth-order valence-electron chi connectivity index (χ4n) is 2.12. The molecule has 0 aliphatic rings. The molecule has 3 aromatic rings. The summed E-state index contributed by atoms with van der Waals surface area (Å²) in [6.07, 6.45) is 0. The topological polar surface area (TPSA) is 63.6 Å². The molecule has 5 nitrogen and oxygen atoms in total. The minimum atomic E-state index is -0.155. The van der Waals surface area contributed by atoms with Crippen molar-refractivity contribution in [2.24, 2.45) is 5.10 Å². The van der Waals surface area contributed by atoms with Crippen molar-refractivity contribution < 1.29 is 9.53 Å². The molecule has 128 valence electrons. The Bertz CT molecular complexity index is 871. The maximum absolute atomic E-state index is 12.0. The number of carbonyl (C=O) groups excluding carboxylic acids is 1. The highest BCUT2D eigenvalue weighted by Crippen LogP contribution is 2.28. The first-order valence-corrected chi connectivity index (χ1v) is 9.42. The molecule has 0 bridgehead atoms. The minimum absolute atomic E-state index is 0.155. The molecule has 7 heteroatoms. The van der Waals surface area contributed by atoms with Gasteiger partial charge < -0.3 is 4.74 Å². The molecule has 1 amide bonds. The molecule has 3 rings (SSSR count). The van der Waals surface area contributed by atoms with Crippen LogP contribution < -0.4 is 10.2 Å². The minimum Gasteiger partial charge on any atom is -0.497 e. The summed E-state index contributed by atoms with van der Waals surface area (Å²) >= 11 is 3.00. The summed E-state index contributed by atoms with van der Waals surface area (Å²) in [7, 11) is 1.62. The van der Waals surface area contributed by atoms with Crippen LogP contribution in [0.2, 0.25) is 0 Å². The van der Waals surface area contributed by atoms with Crippen LogP contribution in [0, 0.1) is 0 Å². The van der Waals surface area contributed by atoms with Crippen LogP contribution in [0.3, 0.4) is 0 Å². The lowest BCUT2D eigenvalue weighted by atomic mass is 10.1. The van der Waals surface area contributed by atoms with Crippen molar-refractivity contribution in [3.8, 4) is 5.75 Å². The third-order valence-electron chi connectivity index (χ3n) is 3.46. The summed E-state index contributed by atoms with van der Waals surface area (Å²) in [5.41, 5.74) is 5.22. The van der Waals surface area contributed by atoms with Gasteiger partial charge in [0.05, 0.1) is 28.8 Å². The smallest absolute Gasteiger partial charge is 0.250 e. The van der Waals surface area contributed by atoms with Crippen LogP contribution in [-0.4, -0.2) is 29.5 Å². The molecule has 0 unspecified atom stereocenters. The van der Waals surface area contributed by atoms with E-state index in [4.69, 9.17) is 4.74 Å². The Kier molecular flexibility index (Phi) is 5.67. The molecule has 0 saturated heterocycles. The Morgan fingerprint density at radius 2 is 2.00 bits per heavy atom. The third-order valence-corrected chi connectivity index (χ3v) is 5.64. The number of nitrogens with one attached hydrogen (secondary N) is 1. The zero-order valence-corrected chi connectivity index (χ0v) is 15.5. The molecule has 2 aromatic carbocycles. The van der Waals surface area contributed by atoms with Gasteiger partial charge in [-0.2, -0.15) is 5.10 Å². The molecule has 0 radical (unpaired) electrons. The number of hydrogen-bond donors (Lipinski definition) is 1. The number of fused-ring (bicyclic) bond motifs is 1. The monoisotopic (exact) mass is 371 g/mol. The van der Waals surface area contributed by atoms with Crippen molar-refractivity contribution in [1.29, 1.82) is 0 Å². The van der Waals surface area contributed by atoms with E-state index < -0.39 is 0 Å². The fraction of sp³-hybridized carbons (Fsp3) is 0.167. The summed E-state index contributed by atoms with van der Waals surface area (Å²) < 4.78 is 7.13. The van der Waals surface area contributed by atoms with Crippen LogP contribution in [0.4, 0.5) is 0 Å². The van der Waals surface area contributed by atoms with Crippen molar-refractivity contribution in [3.63, 3.8) is 0 Å². The van der Waals surface area contributed by atoms with E-state index in [1.807, 2.05) is 55.5 Å². The van der Waals surface area contributed by atoms with E-state index in [0.717, 1.165) is 31.6 Å². The van der Waals surface area contributed by atoms with Gasteiger partial charge in [0.15, 0.2) is 4.34 Å². The molecular weight excluding hydrogens is 354 g/mol. The number of thiazole rings is 1. The zero-order chi connectivity index (χ0) is 17.6. The Hall–Kier alpha value is -2.38. The summed E-state index contributed by atoms with van der Waals surface area (Å²) in [6.45, 7) is 1.85. The van der Waals surface area contributed by atoms with Crippen LogP contribution in [0.15, 0.2) is 58.0 Å². The van der Waals surface area contributed by atoms with Crippen molar-refractivity contribution in [3.05, 3.63) is 54.1 Å². The molecule has 0 saturated carbocycles. The van der Waals surface area contributed by atoms with Gasteiger partial charge in [0, 0.05) is 0 Å². The number of hydrazone groups is 1. The standard InChI is InChI=1S/C18H17N3O2S2/c1-12(13-7-9-14(23-2)10-8-13)20-21-17(22)11-24-18-19-15-5-3-4-6-16(15)25-18/h3-10H,11H2,1-2H3,(H,21,22). The largest absolute Gasteiger partial charge is 0.497 e. The molecule has 0 atom stereocenters. The number of methoxy groups -OCH3 is 1. The number of nitrogens with zero attached hydrogens (tertiary/aromatic N) is 2. The van der Waals surface area contributed by atoms with E-state index in [1.54, 1.807) is 18.4 Å². The van der Waals surface area contributed by atoms with Crippen LogP contribution >= 0.6 is 23.1 Å². The van der Waals surface area contributed by atoms with Gasteiger partial charge in [0.1, 0.15) is 5.75 Å². The van der Waals surface area contributed by atoms with E-state index in [2.05, 4.69) is 15.5 Å². The number of hydrogen-bond acceptors (Lipinski definition) is 6. The Labute approximate surface area is 154 Å². The first kappa shape index (κ1) is 17.4. The summed E-state index contributed by atoms with van der Waals surface area (Å²) in [5, 5.41) is 4.15. The third kappa shape index (κ3) is 4.58. The molecule has 1 N–H and O–H groups in total. The molecule has 0 fully saturated rings. The lowest BCUT2D eigenvalue weighted by molar-refractivity contribution is -0.118. The first-order valence-electron chi connectivity index (χ1n) is 7.61. The van der Waals surface area contributed by atoms with Crippen molar-refractivity contribution in [2.75, 3.05) is 12.9 Å². The molecule has 25 heavy (non-hydrogen) atoms. The van der Waals surface area contributed by atoms with Crippen LogP contribution in [0.25, 0.3) is 10.2 Å². The number of benzene rings is 2. The molecule has 0 spiro atoms. The normalized spacial score (nSPS) is 11.5. The van der Waals surface area contributed by atoms with Crippen molar-refractivity contribution in [1.82, 2.24) is 10.4 Å². The van der Waals surface area contributed by atoms with Crippen LogP contribution in [-0.2, 0) is 4.79 Å². The van der Waals surface area contributed by atoms with Crippen molar-refractivity contribution >= 4 is 44.9 Å². The molecule has 0 aliphatic heterocycles. The van der Waals surface area contributed by atoms with E-state index in [0.29, 0.717) is 0 Å². The van der Waals surface area contributed by atoms with E-state index >= 15 is 0 Å². The van der Waals surface area contributed by atoms with Gasteiger partial charge in [-0.25, -0.2) is 10.4 Å². The first-order chi connectivity index (χ1) is 12.2. The molecule has 1 heterocycles. The Morgan fingerprint density at radius 1 is 1.24 bits per heavy atom. The summed E-state index contributed by atoms with van der Waals surface area (Å²) in [6, 6.07) is 15.5. The van der Waals surface area contributed by atoms with Crippen LogP contribution in [0.1, 0.15) is 12.5 Å². The SMILES string of the molecule is COc1ccc(C(C)=NNC(=O)CSc2nc3ccccc3s2)cc1. The Morgan fingerprint density at radius 3 is 2.72 bits per heavy atom. The fourth-order valence-corrected chi connectivity index (χ4v) is 3.98. The number of carbonyl (C=O) groups is 1. The summed E-state index contributed by atoms with van der Waals surface area (Å²) in [5.74, 6) is 0.907. The van der Waals surface area contributed by atoms with E-state index in [1.165, 1.54) is 11.8 Å². The number of thioether (sulfide) groups is 1. The van der Waals surface area contributed by atoms with Gasteiger partial charge >= 0.3 is 0 Å². The van der Waals surface area contributed by atoms with Gasteiger partial charge in [0.25, 0.3) is 5.91 Å². The van der Waals surface area contributed by atoms with Gasteiger partial charge in [-0.05, 0) is 48.9 Å². The predicted molar refractivity (Wildman–Crippen MR) is 104 cm³/mol. The lowest BCUT2D eigenvalue weighted by Gasteiger charge is -2.04. The van der Waals surface area contributed by atoms with E-state index in [-0.39, 0.29) is 11.7 Å². The second-order valence-corrected chi connectivity index (χ2v) is 7.45. The number of para-hydroxylation sites is 1. The maximum Gasteiger partial charge on any atom is 0.250 e. The highest BCUT2D eigenvalue weighted by atomic mass is 32.2. The van der Waals surface area contributed by atoms with Gasteiger partial charge in [-0.15, -0.1) is 11.3 Å². The lowest BCUT2D eigenvalue weighted by Crippen LogP contribution is -2.21. The number of aromatic nitrogens is 1. The quantitative estimate of drug-likeness (QED) is 0.405. The van der Waals surface area contributed by atoms with Gasteiger partial charge in [-0.1, -0.05) is 23.9 Å². The number of rotatable bonds is 6. The second-order valence-electron chi connectivity index (χ2n) is 5.20. The van der Waals surface area contributed by atoms with E-state index in [9.17, 15) is 4.79 Å². The average Bonchev–Trinajstić information content (AvgIpc) is 3.07. The predicted octanol–water partition coefficient (Wildman–Crippen LogP) is 3.94. The van der Waals surface area contributed by atoms with Gasteiger partial charge in [0.2, 0.25) is 0 Å². The second kappa shape index (κ2) is 8.13. The average molecular weight is 371 g/mol. The summed E-state index contributed by atoms with van der Waals surface area (Å²) in [4.78, 5) is 16.5. The maximum atomic E-state index is 12.0. The number of ether oxygens (including phenoxy) is 1. The van der Waals surface area contributed by atoms with Gasteiger partial charge in [-0.3, -0.25) is 4.79 Å². The molecule has 1 aromatic heterocycles. The number of amides is 1.